The first kappa shape index (κ1) is 13.7. The van der Waals surface area contributed by atoms with Gasteiger partial charge in [0.2, 0.25) is 11.9 Å². The lowest BCUT2D eigenvalue weighted by Crippen LogP contribution is -2.10. The Hall–Kier alpha value is -2.69. The van der Waals surface area contributed by atoms with Crippen LogP contribution >= 0.6 is 0 Å². The van der Waals surface area contributed by atoms with Crippen molar-refractivity contribution < 1.29 is 9.53 Å². The average molecular weight is 269 g/mol. The maximum Gasteiger partial charge on any atom is 0.250 e. The largest absolute Gasteiger partial charge is 0.494 e. The number of nitrogens with one attached hydrogen (secondary N) is 1. The SMILES string of the molecule is C=CC(=O)Nc1ncc(-c2cccc(OCC)c2)cn1. The zero-order valence-corrected chi connectivity index (χ0v) is 11.2. The van der Waals surface area contributed by atoms with Crippen LogP contribution in [0.15, 0.2) is 49.3 Å². The van der Waals surface area contributed by atoms with Crippen molar-refractivity contribution in [3.63, 3.8) is 0 Å². The van der Waals surface area contributed by atoms with E-state index in [9.17, 15) is 4.79 Å². The van der Waals surface area contributed by atoms with Gasteiger partial charge in [-0.3, -0.25) is 10.1 Å². The zero-order chi connectivity index (χ0) is 14.4. The molecule has 20 heavy (non-hydrogen) atoms. The first-order valence-electron chi connectivity index (χ1n) is 6.21. The van der Waals surface area contributed by atoms with Crippen LogP contribution in [0.25, 0.3) is 11.1 Å². The first-order chi connectivity index (χ1) is 9.72. The van der Waals surface area contributed by atoms with Gasteiger partial charge in [-0.05, 0) is 30.7 Å². The summed E-state index contributed by atoms with van der Waals surface area (Å²) in [6, 6.07) is 7.67. The Kier molecular flexibility index (Phi) is 4.44. The highest BCUT2D eigenvalue weighted by Gasteiger charge is 2.03. The summed E-state index contributed by atoms with van der Waals surface area (Å²) in [5.41, 5.74) is 1.81. The minimum Gasteiger partial charge on any atom is -0.494 e. The summed E-state index contributed by atoms with van der Waals surface area (Å²) < 4.78 is 5.45. The van der Waals surface area contributed by atoms with Crippen molar-refractivity contribution in [1.82, 2.24) is 9.97 Å². The fourth-order valence-electron chi connectivity index (χ4n) is 1.63. The lowest BCUT2D eigenvalue weighted by Gasteiger charge is -2.06. The molecule has 5 heteroatoms. The average Bonchev–Trinajstić information content (AvgIpc) is 2.48. The van der Waals surface area contributed by atoms with Crippen LogP contribution in [-0.4, -0.2) is 22.5 Å². The second-order valence-electron chi connectivity index (χ2n) is 3.95. The van der Waals surface area contributed by atoms with Gasteiger partial charge in [-0.15, -0.1) is 0 Å². The Bertz CT molecular complexity index is 609. The minimum atomic E-state index is -0.337. The number of benzene rings is 1. The van der Waals surface area contributed by atoms with Crippen LogP contribution < -0.4 is 10.1 Å². The van der Waals surface area contributed by atoms with Crippen LogP contribution in [0.3, 0.4) is 0 Å². The third kappa shape index (κ3) is 3.41. The van der Waals surface area contributed by atoms with Gasteiger partial charge in [-0.2, -0.15) is 0 Å². The third-order valence-corrected chi connectivity index (χ3v) is 2.55. The molecule has 102 valence electrons. The molecule has 0 spiro atoms. The fourth-order valence-corrected chi connectivity index (χ4v) is 1.63. The number of carbonyl (C=O) groups excluding carboxylic acids is 1. The molecule has 1 N–H and O–H groups in total. The van der Waals surface area contributed by atoms with Crippen LogP contribution in [0, 0.1) is 0 Å². The summed E-state index contributed by atoms with van der Waals surface area (Å²) in [7, 11) is 0. The van der Waals surface area contributed by atoms with E-state index in [-0.39, 0.29) is 11.9 Å². The van der Waals surface area contributed by atoms with Crippen LogP contribution in [0.1, 0.15) is 6.92 Å². The lowest BCUT2D eigenvalue weighted by atomic mass is 10.1. The van der Waals surface area contributed by atoms with Crippen molar-refractivity contribution in [1.29, 1.82) is 0 Å². The van der Waals surface area contributed by atoms with Crippen molar-refractivity contribution in [2.45, 2.75) is 6.92 Å². The Labute approximate surface area is 117 Å². The predicted molar refractivity (Wildman–Crippen MR) is 77.5 cm³/mol. The van der Waals surface area contributed by atoms with Crippen molar-refractivity contribution in [3.05, 3.63) is 49.3 Å². The quantitative estimate of drug-likeness (QED) is 0.847. The monoisotopic (exact) mass is 269 g/mol. The normalized spacial score (nSPS) is 9.85. The molecular formula is C15H15N3O2. The van der Waals surface area contributed by atoms with Crippen LogP contribution in [0.2, 0.25) is 0 Å². The molecule has 0 unspecified atom stereocenters. The second kappa shape index (κ2) is 6.47. The van der Waals surface area contributed by atoms with E-state index in [1.54, 1.807) is 12.4 Å². The molecule has 1 heterocycles. The molecular weight excluding hydrogens is 254 g/mol. The van der Waals surface area contributed by atoms with E-state index in [0.29, 0.717) is 6.61 Å². The molecule has 0 atom stereocenters. The second-order valence-corrected chi connectivity index (χ2v) is 3.95. The van der Waals surface area contributed by atoms with Crippen LogP contribution in [-0.2, 0) is 4.79 Å². The predicted octanol–water partition coefficient (Wildman–Crippen LogP) is 2.67. The third-order valence-electron chi connectivity index (χ3n) is 2.55. The molecule has 0 aliphatic rings. The van der Waals surface area contributed by atoms with Gasteiger partial charge >= 0.3 is 0 Å². The van der Waals surface area contributed by atoms with Gasteiger partial charge in [0, 0.05) is 18.0 Å². The lowest BCUT2D eigenvalue weighted by molar-refractivity contribution is -0.111. The molecule has 2 rings (SSSR count). The van der Waals surface area contributed by atoms with E-state index >= 15 is 0 Å². The number of rotatable bonds is 5. The molecule has 5 nitrogen and oxygen atoms in total. The maximum atomic E-state index is 11.1. The number of nitrogens with zero attached hydrogens (tertiary/aromatic N) is 2. The molecule has 2 aromatic rings. The van der Waals surface area contributed by atoms with Gasteiger partial charge in [0.15, 0.2) is 0 Å². The Morgan fingerprint density at radius 3 is 2.75 bits per heavy atom. The minimum absolute atomic E-state index is 0.250. The summed E-state index contributed by atoms with van der Waals surface area (Å²) in [5.74, 6) is 0.713. The van der Waals surface area contributed by atoms with E-state index in [1.165, 1.54) is 6.08 Å². The smallest absolute Gasteiger partial charge is 0.250 e. The highest BCUT2D eigenvalue weighted by molar-refractivity contribution is 5.97. The molecule has 0 bridgehead atoms. The van der Waals surface area contributed by atoms with Crippen molar-refractivity contribution >= 4 is 11.9 Å². The van der Waals surface area contributed by atoms with Crippen molar-refractivity contribution in [3.8, 4) is 16.9 Å². The van der Waals surface area contributed by atoms with Crippen LogP contribution in [0.5, 0.6) is 5.75 Å². The Morgan fingerprint density at radius 2 is 2.10 bits per heavy atom. The number of hydrogen-bond donors (Lipinski definition) is 1. The molecule has 1 amide bonds. The molecule has 1 aromatic carbocycles. The van der Waals surface area contributed by atoms with E-state index in [4.69, 9.17) is 4.74 Å². The molecule has 1 aromatic heterocycles. The zero-order valence-electron chi connectivity index (χ0n) is 11.2. The summed E-state index contributed by atoms with van der Waals surface area (Å²) >= 11 is 0. The number of carbonyl (C=O) groups is 1. The topological polar surface area (TPSA) is 64.1 Å². The standard InChI is InChI=1S/C15H15N3O2/c1-3-14(19)18-15-16-9-12(10-17-15)11-6-5-7-13(8-11)20-4-2/h3,5-10H,1,4H2,2H3,(H,16,17,18,19). The highest BCUT2D eigenvalue weighted by atomic mass is 16.5. The Balaban J connectivity index is 2.19. The number of anilines is 1. The van der Waals surface area contributed by atoms with E-state index in [0.717, 1.165) is 16.9 Å². The van der Waals surface area contributed by atoms with Gasteiger partial charge in [-0.25, -0.2) is 9.97 Å². The molecule has 0 aliphatic carbocycles. The first-order valence-corrected chi connectivity index (χ1v) is 6.21. The molecule has 0 saturated carbocycles. The summed E-state index contributed by atoms with van der Waals surface area (Å²) in [6.07, 6.45) is 4.47. The summed E-state index contributed by atoms with van der Waals surface area (Å²) in [4.78, 5) is 19.3. The highest BCUT2D eigenvalue weighted by Crippen LogP contribution is 2.23. The fraction of sp³-hybridized carbons (Fsp3) is 0.133. The number of amides is 1. The molecule has 0 fully saturated rings. The van der Waals surface area contributed by atoms with Gasteiger partial charge in [0.05, 0.1) is 6.61 Å². The molecule has 0 aliphatic heterocycles. The van der Waals surface area contributed by atoms with Crippen molar-refractivity contribution in [2.24, 2.45) is 0 Å². The van der Waals surface area contributed by atoms with Crippen molar-refractivity contribution in [2.75, 3.05) is 11.9 Å². The number of hydrogen-bond acceptors (Lipinski definition) is 4. The van der Waals surface area contributed by atoms with E-state index in [1.807, 2.05) is 31.2 Å². The number of ether oxygens (including phenoxy) is 1. The van der Waals surface area contributed by atoms with Gasteiger partial charge in [-0.1, -0.05) is 18.7 Å². The van der Waals surface area contributed by atoms with Crippen LogP contribution in [0.4, 0.5) is 5.95 Å². The van der Waals surface area contributed by atoms with E-state index in [2.05, 4.69) is 21.9 Å². The summed E-state index contributed by atoms with van der Waals surface area (Å²) in [6.45, 7) is 5.92. The van der Waals surface area contributed by atoms with E-state index < -0.39 is 0 Å². The van der Waals surface area contributed by atoms with Gasteiger partial charge in [0.1, 0.15) is 5.75 Å². The summed E-state index contributed by atoms with van der Waals surface area (Å²) in [5, 5.41) is 2.50. The Morgan fingerprint density at radius 1 is 1.35 bits per heavy atom. The maximum absolute atomic E-state index is 11.1. The number of aromatic nitrogens is 2. The van der Waals surface area contributed by atoms with Gasteiger partial charge in [0.25, 0.3) is 0 Å². The van der Waals surface area contributed by atoms with Gasteiger partial charge < -0.3 is 4.74 Å². The molecule has 0 radical (unpaired) electrons. The molecule has 0 saturated heterocycles.